The molecule has 1 heterocycles. The SMILES string of the molecule is C=C(C)Cn1c(=S)[nH]c2ccc(I)cc2c1=O. The van der Waals surface area contributed by atoms with Gasteiger partial charge in [0.1, 0.15) is 0 Å². The van der Waals surface area contributed by atoms with Gasteiger partial charge in [0.05, 0.1) is 10.9 Å². The van der Waals surface area contributed by atoms with Crippen LogP contribution in [0.15, 0.2) is 35.1 Å². The molecule has 0 aliphatic carbocycles. The molecule has 0 atom stereocenters. The highest BCUT2D eigenvalue weighted by molar-refractivity contribution is 14.1. The maximum atomic E-state index is 12.3. The van der Waals surface area contributed by atoms with E-state index < -0.39 is 0 Å². The average Bonchev–Trinajstić information content (AvgIpc) is 2.25. The molecule has 0 spiro atoms. The second-order valence-electron chi connectivity index (χ2n) is 3.97. The first-order chi connectivity index (χ1) is 7.99. The largest absolute Gasteiger partial charge is 0.332 e. The van der Waals surface area contributed by atoms with Crippen LogP contribution in [0.3, 0.4) is 0 Å². The van der Waals surface area contributed by atoms with E-state index >= 15 is 0 Å². The van der Waals surface area contributed by atoms with E-state index in [2.05, 4.69) is 34.2 Å². The Morgan fingerprint density at radius 2 is 2.29 bits per heavy atom. The third kappa shape index (κ3) is 2.50. The van der Waals surface area contributed by atoms with Gasteiger partial charge < -0.3 is 4.98 Å². The van der Waals surface area contributed by atoms with E-state index in [1.165, 1.54) is 4.57 Å². The summed E-state index contributed by atoms with van der Waals surface area (Å²) in [4.78, 5) is 15.3. The van der Waals surface area contributed by atoms with Crippen LogP contribution < -0.4 is 5.56 Å². The minimum Gasteiger partial charge on any atom is -0.332 e. The van der Waals surface area contributed by atoms with Crippen LogP contribution in [-0.2, 0) is 6.54 Å². The molecule has 2 aromatic rings. The third-order valence-corrected chi connectivity index (χ3v) is 3.37. The predicted octanol–water partition coefficient (Wildman–Crippen LogP) is 3.24. The zero-order valence-electron chi connectivity index (χ0n) is 9.29. The van der Waals surface area contributed by atoms with Crippen molar-refractivity contribution in [1.29, 1.82) is 0 Å². The van der Waals surface area contributed by atoms with Gasteiger partial charge in [-0.2, -0.15) is 0 Å². The smallest absolute Gasteiger partial charge is 0.262 e. The number of halogens is 1. The third-order valence-electron chi connectivity index (χ3n) is 2.37. The van der Waals surface area contributed by atoms with Crippen molar-refractivity contribution < 1.29 is 0 Å². The van der Waals surface area contributed by atoms with Crippen molar-refractivity contribution in [2.75, 3.05) is 0 Å². The first-order valence-corrected chi connectivity index (χ1v) is 6.54. The molecule has 3 nitrogen and oxygen atoms in total. The zero-order chi connectivity index (χ0) is 12.6. The van der Waals surface area contributed by atoms with E-state index in [-0.39, 0.29) is 5.56 Å². The maximum Gasteiger partial charge on any atom is 0.262 e. The predicted molar refractivity (Wildman–Crippen MR) is 80.9 cm³/mol. The molecule has 17 heavy (non-hydrogen) atoms. The number of hydrogen-bond acceptors (Lipinski definition) is 2. The standard InChI is InChI=1S/C12H11IN2OS/c1-7(2)6-15-11(16)9-5-8(13)3-4-10(9)14-12(15)17/h3-5H,1,6H2,2H3,(H,14,17). The zero-order valence-corrected chi connectivity index (χ0v) is 12.3. The lowest BCUT2D eigenvalue weighted by atomic mass is 10.2. The van der Waals surface area contributed by atoms with E-state index in [1.807, 2.05) is 25.1 Å². The van der Waals surface area contributed by atoms with Gasteiger partial charge in [0, 0.05) is 10.1 Å². The summed E-state index contributed by atoms with van der Waals surface area (Å²) in [5, 5.41) is 0.659. The molecule has 0 fully saturated rings. The Morgan fingerprint density at radius 3 is 2.94 bits per heavy atom. The number of fused-ring (bicyclic) bond motifs is 1. The van der Waals surface area contributed by atoms with Crippen LogP contribution in [0.1, 0.15) is 6.92 Å². The Kier molecular flexibility index (Phi) is 3.48. The van der Waals surface area contributed by atoms with Gasteiger partial charge in [-0.05, 0) is 59.9 Å². The number of hydrogen-bond donors (Lipinski definition) is 1. The Bertz CT molecular complexity index is 714. The second kappa shape index (κ2) is 4.73. The highest BCUT2D eigenvalue weighted by Gasteiger charge is 2.05. The maximum absolute atomic E-state index is 12.3. The fourth-order valence-electron chi connectivity index (χ4n) is 1.64. The topological polar surface area (TPSA) is 37.8 Å². The molecule has 88 valence electrons. The van der Waals surface area contributed by atoms with E-state index in [0.717, 1.165) is 14.7 Å². The van der Waals surface area contributed by atoms with Crippen molar-refractivity contribution in [2.45, 2.75) is 13.5 Å². The van der Waals surface area contributed by atoms with Gasteiger partial charge in [-0.3, -0.25) is 9.36 Å². The van der Waals surface area contributed by atoms with Crippen LogP contribution in [0.25, 0.3) is 10.9 Å². The fourth-order valence-corrected chi connectivity index (χ4v) is 2.38. The molecule has 0 amide bonds. The Labute approximate surface area is 117 Å². The summed E-state index contributed by atoms with van der Waals surface area (Å²) in [6.07, 6.45) is 0. The lowest BCUT2D eigenvalue weighted by Gasteiger charge is -2.07. The van der Waals surface area contributed by atoms with Gasteiger partial charge in [0.2, 0.25) is 0 Å². The molecule has 1 aromatic heterocycles. The molecule has 1 aromatic carbocycles. The summed E-state index contributed by atoms with van der Waals surface area (Å²) in [5.41, 5.74) is 1.61. The lowest BCUT2D eigenvalue weighted by molar-refractivity contribution is 0.725. The quantitative estimate of drug-likeness (QED) is 0.509. The molecule has 0 unspecified atom stereocenters. The molecule has 2 rings (SSSR count). The van der Waals surface area contributed by atoms with E-state index in [9.17, 15) is 4.79 Å². The molecule has 0 bridgehead atoms. The molecular weight excluding hydrogens is 347 g/mol. The monoisotopic (exact) mass is 358 g/mol. The number of nitrogens with one attached hydrogen (secondary N) is 1. The van der Waals surface area contributed by atoms with Gasteiger partial charge in [-0.15, -0.1) is 0 Å². The summed E-state index contributed by atoms with van der Waals surface area (Å²) >= 11 is 7.37. The first kappa shape index (κ1) is 12.5. The lowest BCUT2D eigenvalue weighted by Crippen LogP contribution is -2.22. The minimum absolute atomic E-state index is 0.0646. The number of rotatable bonds is 2. The second-order valence-corrected chi connectivity index (χ2v) is 5.60. The van der Waals surface area contributed by atoms with Crippen LogP contribution in [0.5, 0.6) is 0 Å². The Hall–Kier alpha value is -0.950. The summed E-state index contributed by atoms with van der Waals surface area (Å²) in [6, 6.07) is 5.68. The van der Waals surface area contributed by atoms with Crippen LogP contribution in [0.2, 0.25) is 0 Å². The Balaban J connectivity index is 2.83. The molecule has 0 aliphatic heterocycles. The minimum atomic E-state index is -0.0646. The molecule has 0 radical (unpaired) electrons. The normalized spacial score (nSPS) is 10.7. The van der Waals surface area contributed by atoms with Crippen molar-refractivity contribution in [1.82, 2.24) is 9.55 Å². The average molecular weight is 358 g/mol. The van der Waals surface area contributed by atoms with Crippen molar-refractivity contribution in [3.8, 4) is 0 Å². The van der Waals surface area contributed by atoms with Crippen molar-refractivity contribution in [2.24, 2.45) is 0 Å². The van der Waals surface area contributed by atoms with Crippen molar-refractivity contribution >= 4 is 45.7 Å². The highest BCUT2D eigenvalue weighted by Crippen LogP contribution is 2.12. The molecule has 0 saturated carbocycles. The number of aromatic amines is 1. The van der Waals surface area contributed by atoms with Gasteiger partial charge in [0.25, 0.3) is 5.56 Å². The van der Waals surface area contributed by atoms with Gasteiger partial charge in [-0.1, -0.05) is 12.2 Å². The van der Waals surface area contributed by atoms with Gasteiger partial charge in [-0.25, -0.2) is 0 Å². The number of benzene rings is 1. The van der Waals surface area contributed by atoms with Crippen LogP contribution in [0.4, 0.5) is 0 Å². The summed E-state index contributed by atoms with van der Waals surface area (Å²) in [6.45, 7) is 6.14. The molecule has 5 heteroatoms. The van der Waals surface area contributed by atoms with Crippen LogP contribution in [-0.4, -0.2) is 9.55 Å². The number of nitrogens with zero attached hydrogens (tertiary/aromatic N) is 1. The Morgan fingerprint density at radius 1 is 1.59 bits per heavy atom. The molecular formula is C12H11IN2OS. The number of allylic oxidation sites excluding steroid dienone is 1. The summed E-state index contributed by atoms with van der Waals surface area (Å²) in [5.74, 6) is 0. The van der Waals surface area contributed by atoms with Crippen molar-refractivity contribution in [3.05, 3.63) is 49.0 Å². The van der Waals surface area contributed by atoms with E-state index in [4.69, 9.17) is 12.2 Å². The van der Waals surface area contributed by atoms with E-state index in [0.29, 0.717) is 16.7 Å². The van der Waals surface area contributed by atoms with Gasteiger partial charge in [0.15, 0.2) is 4.77 Å². The number of H-pyrrole nitrogens is 1. The van der Waals surface area contributed by atoms with Crippen molar-refractivity contribution in [3.63, 3.8) is 0 Å². The summed E-state index contributed by atoms with van der Waals surface area (Å²) in [7, 11) is 0. The van der Waals surface area contributed by atoms with Crippen LogP contribution in [0, 0.1) is 8.34 Å². The molecule has 1 N–H and O–H groups in total. The highest BCUT2D eigenvalue weighted by atomic mass is 127. The van der Waals surface area contributed by atoms with E-state index in [1.54, 1.807) is 0 Å². The molecule has 0 saturated heterocycles. The fraction of sp³-hybridized carbons (Fsp3) is 0.167. The number of aromatic nitrogens is 2. The molecule has 0 aliphatic rings. The first-order valence-electron chi connectivity index (χ1n) is 5.06. The van der Waals surface area contributed by atoms with Crippen LogP contribution >= 0.6 is 34.8 Å². The summed E-state index contributed by atoms with van der Waals surface area (Å²) < 4.78 is 3.00. The van der Waals surface area contributed by atoms with Gasteiger partial charge >= 0.3 is 0 Å².